The van der Waals surface area contributed by atoms with E-state index in [2.05, 4.69) is 11.8 Å². The SMILES string of the molecule is CC#Cc1ccc(CS(=O)(=O)c2ccccc2)cc1. The molecule has 0 aliphatic rings. The van der Waals surface area contributed by atoms with E-state index in [0.29, 0.717) is 4.90 Å². The van der Waals surface area contributed by atoms with Gasteiger partial charge in [0, 0.05) is 5.56 Å². The fraction of sp³-hybridized carbons (Fsp3) is 0.125. The molecule has 2 aromatic rings. The van der Waals surface area contributed by atoms with Gasteiger partial charge < -0.3 is 0 Å². The Balaban J connectivity index is 2.23. The molecule has 0 aliphatic heterocycles. The van der Waals surface area contributed by atoms with Crippen molar-refractivity contribution in [2.75, 3.05) is 0 Å². The molecule has 0 aromatic heterocycles. The van der Waals surface area contributed by atoms with Crippen LogP contribution in [0, 0.1) is 11.8 Å². The fourth-order valence-corrected chi connectivity index (χ4v) is 3.13. The van der Waals surface area contributed by atoms with Gasteiger partial charge in [-0.05, 0) is 36.8 Å². The van der Waals surface area contributed by atoms with Gasteiger partial charge in [0.25, 0.3) is 0 Å². The van der Waals surface area contributed by atoms with E-state index in [0.717, 1.165) is 11.1 Å². The second-order valence-electron chi connectivity index (χ2n) is 4.14. The highest BCUT2D eigenvalue weighted by atomic mass is 32.2. The van der Waals surface area contributed by atoms with Gasteiger partial charge in [-0.1, -0.05) is 36.3 Å². The molecule has 2 rings (SSSR count). The van der Waals surface area contributed by atoms with E-state index in [1.807, 2.05) is 12.1 Å². The van der Waals surface area contributed by atoms with Crippen LogP contribution in [0.5, 0.6) is 0 Å². The molecule has 0 atom stereocenters. The molecule has 2 nitrogen and oxygen atoms in total. The molecule has 3 heteroatoms. The van der Waals surface area contributed by atoms with Gasteiger partial charge in [-0.15, -0.1) is 5.92 Å². The van der Waals surface area contributed by atoms with Gasteiger partial charge in [0.2, 0.25) is 0 Å². The van der Waals surface area contributed by atoms with E-state index in [9.17, 15) is 8.42 Å². The molecule has 96 valence electrons. The van der Waals surface area contributed by atoms with E-state index < -0.39 is 9.84 Å². The smallest absolute Gasteiger partial charge is 0.182 e. The van der Waals surface area contributed by atoms with Crippen molar-refractivity contribution in [3.8, 4) is 11.8 Å². The Hall–Kier alpha value is -2.05. The minimum Gasteiger partial charge on any atom is -0.223 e. The van der Waals surface area contributed by atoms with Crippen LogP contribution in [-0.2, 0) is 15.6 Å². The van der Waals surface area contributed by atoms with Crippen LogP contribution in [0.25, 0.3) is 0 Å². The zero-order chi connectivity index (χ0) is 13.7. The van der Waals surface area contributed by atoms with Crippen molar-refractivity contribution in [1.82, 2.24) is 0 Å². The minimum atomic E-state index is -3.27. The van der Waals surface area contributed by atoms with Crippen LogP contribution in [0.1, 0.15) is 18.1 Å². The molecule has 0 amide bonds. The van der Waals surface area contributed by atoms with Crippen molar-refractivity contribution in [3.63, 3.8) is 0 Å². The van der Waals surface area contributed by atoms with Gasteiger partial charge in [-0.2, -0.15) is 0 Å². The largest absolute Gasteiger partial charge is 0.223 e. The summed E-state index contributed by atoms with van der Waals surface area (Å²) in [6.45, 7) is 1.77. The molecule has 2 aromatic carbocycles. The highest BCUT2D eigenvalue weighted by Crippen LogP contribution is 2.16. The predicted molar refractivity (Wildman–Crippen MR) is 76.3 cm³/mol. The summed E-state index contributed by atoms with van der Waals surface area (Å²) in [7, 11) is -3.27. The normalized spacial score (nSPS) is 10.6. The maximum Gasteiger partial charge on any atom is 0.182 e. The standard InChI is InChI=1S/C16H14O2S/c1-2-6-14-9-11-15(12-10-14)13-19(17,18)16-7-4-3-5-8-16/h3-5,7-12H,13H2,1H3. The van der Waals surface area contributed by atoms with E-state index in [4.69, 9.17) is 0 Å². The summed E-state index contributed by atoms with van der Waals surface area (Å²) in [5, 5.41) is 0. The summed E-state index contributed by atoms with van der Waals surface area (Å²) in [6.07, 6.45) is 0. The van der Waals surface area contributed by atoms with E-state index in [-0.39, 0.29) is 5.75 Å². The first kappa shape index (κ1) is 13.4. The monoisotopic (exact) mass is 270 g/mol. The quantitative estimate of drug-likeness (QED) is 0.803. The molecule has 0 N–H and O–H groups in total. The molecule has 0 saturated heterocycles. The first-order valence-electron chi connectivity index (χ1n) is 5.91. The van der Waals surface area contributed by atoms with Crippen LogP contribution >= 0.6 is 0 Å². The molecule has 0 heterocycles. The Morgan fingerprint density at radius 2 is 1.58 bits per heavy atom. The Morgan fingerprint density at radius 3 is 2.16 bits per heavy atom. The number of rotatable bonds is 3. The average Bonchev–Trinajstić information content (AvgIpc) is 2.42. The first-order valence-corrected chi connectivity index (χ1v) is 7.56. The lowest BCUT2D eigenvalue weighted by Gasteiger charge is -2.04. The van der Waals surface area contributed by atoms with Gasteiger partial charge >= 0.3 is 0 Å². The van der Waals surface area contributed by atoms with E-state index in [1.165, 1.54) is 0 Å². The highest BCUT2D eigenvalue weighted by molar-refractivity contribution is 7.90. The molecular formula is C16H14O2S. The van der Waals surface area contributed by atoms with Gasteiger partial charge in [-0.3, -0.25) is 0 Å². The molecule has 0 bridgehead atoms. The Labute approximate surface area is 114 Å². The summed E-state index contributed by atoms with van der Waals surface area (Å²) >= 11 is 0. The second-order valence-corrected chi connectivity index (χ2v) is 6.13. The molecule has 0 unspecified atom stereocenters. The summed E-state index contributed by atoms with van der Waals surface area (Å²) < 4.78 is 24.4. The highest BCUT2D eigenvalue weighted by Gasteiger charge is 2.14. The van der Waals surface area contributed by atoms with Gasteiger partial charge in [0.1, 0.15) is 0 Å². The second kappa shape index (κ2) is 5.73. The maximum atomic E-state index is 12.2. The van der Waals surface area contributed by atoms with Crippen LogP contribution in [0.4, 0.5) is 0 Å². The molecule has 0 spiro atoms. The number of benzene rings is 2. The molecule has 19 heavy (non-hydrogen) atoms. The lowest BCUT2D eigenvalue weighted by atomic mass is 10.1. The van der Waals surface area contributed by atoms with Gasteiger partial charge in [0.15, 0.2) is 9.84 Å². The number of hydrogen-bond acceptors (Lipinski definition) is 2. The summed E-state index contributed by atoms with van der Waals surface area (Å²) in [5.41, 5.74) is 1.66. The molecule has 0 fully saturated rings. The third kappa shape index (κ3) is 3.46. The zero-order valence-electron chi connectivity index (χ0n) is 10.6. The first-order chi connectivity index (χ1) is 9.12. The van der Waals surface area contributed by atoms with E-state index in [1.54, 1.807) is 49.4 Å². The topological polar surface area (TPSA) is 34.1 Å². The van der Waals surface area contributed by atoms with Gasteiger partial charge in [-0.25, -0.2) is 8.42 Å². The Bertz CT molecular complexity index is 703. The van der Waals surface area contributed by atoms with Crippen LogP contribution in [0.15, 0.2) is 59.5 Å². The van der Waals surface area contributed by atoms with E-state index >= 15 is 0 Å². The van der Waals surface area contributed by atoms with Crippen molar-refractivity contribution in [2.45, 2.75) is 17.6 Å². The van der Waals surface area contributed by atoms with Crippen molar-refractivity contribution < 1.29 is 8.42 Å². The third-order valence-electron chi connectivity index (χ3n) is 2.68. The molecule has 0 saturated carbocycles. The summed E-state index contributed by atoms with van der Waals surface area (Å²) in [5.74, 6) is 5.75. The summed E-state index contributed by atoms with van der Waals surface area (Å²) in [6, 6.07) is 15.8. The fourth-order valence-electron chi connectivity index (χ4n) is 1.76. The van der Waals surface area contributed by atoms with Crippen LogP contribution < -0.4 is 0 Å². The predicted octanol–water partition coefficient (Wildman–Crippen LogP) is 3.03. The zero-order valence-corrected chi connectivity index (χ0v) is 11.4. The number of sulfone groups is 1. The van der Waals surface area contributed by atoms with Crippen molar-refractivity contribution in [1.29, 1.82) is 0 Å². The molecule has 0 radical (unpaired) electrons. The van der Waals surface area contributed by atoms with Crippen molar-refractivity contribution >= 4 is 9.84 Å². The van der Waals surface area contributed by atoms with Crippen molar-refractivity contribution in [2.24, 2.45) is 0 Å². The summed E-state index contributed by atoms with van der Waals surface area (Å²) in [4.78, 5) is 0.354. The molecule has 0 aliphatic carbocycles. The minimum absolute atomic E-state index is 0.0108. The maximum absolute atomic E-state index is 12.2. The molecular weight excluding hydrogens is 256 g/mol. The average molecular weight is 270 g/mol. The third-order valence-corrected chi connectivity index (χ3v) is 4.39. The van der Waals surface area contributed by atoms with Crippen LogP contribution in [0.2, 0.25) is 0 Å². The van der Waals surface area contributed by atoms with Gasteiger partial charge in [0.05, 0.1) is 10.6 Å². The lowest BCUT2D eigenvalue weighted by Crippen LogP contribution is -2.04. The lowest BCUT2D eigenvalue weighted by molar-refractivity contribution is 0.595. The van der Waals surface area contributed by atoms with Crippen LogP contribution in [0.3, 0.4) is 0 Å². The Kier molecular flexibility index (Phi) is 4.03. The number of hydrogen-bond donors (Lipinski definition) is 0. The van der Waals surface area contributed by atoms with Crippen molar-refractivity contribution in [3.05, 3.63) is 65.7 Å². The Morgan fingerprint density at radius 1 is 0.947 bits per heavy atom. The van der Waals surface area contributed by atoms with Crippen LogP contribution in [-0.4, -0.2) is 8.42 Å².